The first kappa shape index (κ1) is 19.5. The molecule has 3 aromatic rings. The average molecular weight is 390 g/mol. The summed E-state index contributed by atoms with van der Waals surface area (Å²) in [5, 5.41) is 15.5. The van der Waals surface area contributed by atoms with Crippen LogP contribution in [0.5, 0.6) is 0 Å². The quantitative estimate of drug-likeness (QED) is 0.422. The zero-order chi connectivity index (χ0) is 19.8. The molecule has 0 fully saturated rings. The molecule has 0 unspecified atom stereocenters. The highest BCUT2D eigenvalue weighted by Gasteiger charge is 1.99. The first-order valence-corrected chi connectivity index (χ1v) is 9.39. The van der Waals surface area contributed by atoms with Crippen molar-refractivity contribution in [2.75, 3.05) is 24.3 Å². The minimum atomic E-state index is 0.583. The molecular formula is C22H23N5S. The van der Waals surface area contributed by atoms with Gasteiger partial charge >= 0.3 is 0 Å². The lowest BCUT2D eigenvalue weighted by Crippen LogP contribution is -2.27. The molecule has 0 atom stereocenters. The highest BCUT2D eigenvalue weighted by molar-refractivity contribution is 7.80. The van der Waals surface area contributed by atoms with Crippen LogP contribution < -0.4 is 15.5 Å². The van der Waals surface area contributed by atoms with Crippen molar-refractivity contribution in [1.29, 1.82) is 0 Å². The van der Waals surface area contributed by atoms with Crippen molar-refractivity contribution in [1.82, 2.24) is 5.32 Å². The first-order chi connectivity index (χ1) is 13.6. The van der Waals surface area contributed by atoms with Gasteiger partial charge in [0.25, 0.3) is 0 Å². The lowest BCUT2D eigenvalue weighted by Gasteiger charge is -2.11. The number of thiocarbonyl (C=S) groups is 1. The van der Waals surface area contributed by atoms with Crippen molar-refractivity contribution in [2.45, 2.75) is 6.54 Å². The van der Waals surface area contributed by atoms with Gasteiger partial charge in [-0.05, 0) is 66.3 Å². The lowest BCUT2D eigenvalue weighted by atomic mass is 10.2. The van der Waals surface area contributed by atoms with Crippen LogP contribution in [-0.2, 0) is 6.54 Å². The van der Waals surface area contributed by atoms with Crippen LogP contribution in [0.15, 0.2) is 89.1 Å². The van der Waals surface area contributed by atoms with Gasteiger partial charge < -0.3 is 15.5 Å². The van der Waals surface area contributed by atoms with Crippen LogP contribution >= 0.6 is 12.2 Å². The molecule has 0 aliphatic carbocycles. The molecule has 0 heterocycles. The second kappa shape index (κ2) is 9.62. The van der Waals surface area contributed by atoms with Gasteiger partial charge in [-0.1, -0.05) is 30.3 Å². The molecule has 0 aromatic heterocycles. The van der Waals surface area contributed by atoms with Gasteiger partial charge in [-0.15, -0.1) is 0 Å². The fourth-order valence-electron chi connectivity index (χ4n) is 2.50. The molecule has 0 spiro atoms. The molecule has 0 radical (unpaired) electrons. The predicted molar refractivity (Wildman–Crippen MR) is 121 cm³/mol. The number of hydrogen-bond acceptors (Lipinski definition) is 4. The Morgan fingerprint density at radius 1 is 0.821 bits per heavy atom. The Labute approximate surface area is 171 Å². The fourth-order valence-corrected chi connectivity index (χ4v) is 2.69. The van der Waals surface area contributed by atoms with Crippen LogP contribution in [0.25, 0.3) is 0 Å². The Balaban J connectivity index is 1.52. The minimum absolute atomic E-state index is 0.583. The molecule has 0 aliphatic rings. The van der Waals surface area contributed by atoms with Crippen LogP contribution in [-0.4, -0.2) is 19.2 Å². The van der Waals surface area contributed by atoms with E-state index in [4.69, 9.17) is 12.2 Å². The zero-order valence-electron chi connectivity index (χ0n) is 16.0. The van der Waals surface area contributed by atoms with Crippen molar-refractivity contribution >= 4 is 40.1 Å². The maximum atomic E-state index is 5.34. The molecule has 0 bridgehead atoms. The number of nitrogens with one attached hydrogen (secondary N) is 2. The summed E-state index contributed by atoms with van der Waals surface area (Å²) >= 11 is 5.34. The Hall–Kier alpha value is -3.25. The zero-order valence-corrected chi connectivity index (χ0v) is 16.8. The number of nitrogens with zero attached hydrogens (tertiary/aromatic N) is 3. The van der Waals surface area contributed by atoms with Gasteiger partial charge in [-0.25, -0.2) is 0 Å². The minimum Gasteiger partial charge on any atom is -0.378 e. The van der Waals surface area contributed by atoms with E-state index in [2.05, 4.69) is 33.0 Å². The van der Waals surface area contributed by atoms with E-state index in [1.54, 1.807) is 0 Å². The maximum Gasteiger partial charge on any atom is 0.171 e. The van der Waals surface area contributed by atoms with Crippen LogP contribution in [0.2, 0.25) is 0 Å². The molecule has 0 saturated carbocycles. The lowest BCUT2D eigenvalue weighted by molar-refractivity contribution is 0.926. The van der Waals surface area contributed by atoms with Crippen molar-refractivity contribution < 1.29 is 0 Å². The molecule has 0 amide bonds. The fraction of sp³-hybridized carbons (Fsp3) is 0.136. The van der Waals surface area contributed by atoms with Crippen molar-refractivity contribution in [3.05, 3.63) is 84.4 Å². The summed E-state index contributed by atoms with van der Waals surface area (Å²) in [5.74, 6) is 0. The summed E-state index contributed by atoms with van der Waals surface area (Å²) < 4.78 is 0. The molecule has 6 heteroatoms. The summed E-state index contributed by atoms with van der Waals surface area (Å²) in [6.07, 6.45) is 0. The maximum absolute atomic E-state index is 5.34. The molecule has 0 saturated heterocycles. The van der Waals surface area contributed by atoms with E-state index in [9.17, 15) is 0 Å². The predicted octanol–water partition coefficient (Wildman–Crippen LogP) is 5.65. The number of hydrogen-bond donors (Lipinski definition) is 2. The molecule has 2 N–H and O–H groups in total. The number of rotatable bonds is 6. The Bertz CT molecular complexity index is 919. The standard InChI is InChI=1S/C22H23N5S/c1-27(2)21-14-12-20(13-15-21)26-25-19-10-8-18(9-11-19)24-22(28)23-16-17-6-4-3-5-7-17/h3-15H,16H2,1-2H3,(H2,23,24,28). The van der Waals surface area contributed by atoms with Crippen LogP contribution in [0, 0.1) is 0 Å². The molecule has 142 valence electrons. The highest BCUT2D eigenvalue weighted by atomic mass is 32.1. The van der Waals surface area contributed by atoms with Gasteiger partial charge in [0.2, 0.25) is 0 Å². The highest BCUT2D eigenvalue weighted by Crippen LogP contribution is 2.22. The Kier molecular flexibility index (Phi) is 6.70. The normalized spacial score (nSPS) is 10.6. The number of anilines is 2. The van der Waals surface area contributed by atoms with Crippen molar-refractivity contribution in [3.63, 3.8) is 0 Å². The largest absolute Gasteiger partial charge is 0.378 e. The van der Waals surface area contributed by atoms with E-state index in [1.807, 2.05) is 85.7 Å². The van der Waals surface area contributed by atoms with Crippen LogP contribution in [0.1, 0.15) is 5.56 Å². The average Bonchev–Trinajstić information content (AvgIpc) is 2.73. The van der Waals surface area contributed by atoms with Gasteiger partial charge in [-0.3, -0.25) is 0 Å². The molecule has 28 heavy (non-hydrogen) atoms. The Morgan fingerprint density at radius 2 is 1.39 bits per heavy atom. The third kappa shape index (κ3) is 5.89. The van der Waals surface area contributed by atoms with Gasteiger partial charge in [-0.2, -0.15) is 10.2 Å². The van der Waals surface area contributed by atoms with Crippen molar-refractivity contribution in [2.24, 2.45) is 10.2 Å². The van der Waals surface area contributed by atoms with Gasteiger partial charge in [0.05, 0.1) is 11.4 Å². The van der Waals surface area contributed by atoms with Crippen LogP contribution in [0.4, 0.5) is 22.7 Å². The third-order valence-corrected chi connectivity index (χ3v) is 4.31. The number of azo groups is 1. The van der Waals surface area contributed by atoms with E-state index >= 15 is 0 Å². The van der Waals surface area contributed by atoms with Crippen LogP contribution in [0.3, 0.4) is 0 Å². The topological polar surface area (TPSA) is 52.0 Å². The van der Waals surface area contributed by atoms with E-state index in [1.165, 1.54) is 5.56 Å². The van der Waals surface area contributed by atoms with Gasteiger partial charge in [0.1, 0.15) is 0 Å². The molecule has 5 nitrogen and oxygen atoms in total. The molecule has 0 aliphatic heterocycles. The molecular weight excluding hydrogens is 366 g/mol. The van der Waals surface area contributed by atoms with E-state index in [0.29, 0.717) is 11.7 Å². The smallest absolute Gasteiger partial charge is 0.171 e. The summed E-state index contributed by atoms with van der Waals surface area (Å²) in [7, 11) is 4.02. The number of benzene rings is 3. The summed E-state index contributed by atoms with van der Waals surface area (Å²) in [5.41, 5.74) is 4.82. The Morgan fingerprint density at radius 3 is 1.96 bits per heavy atom. The van der Waals surface area contributed by atoms with Gasteiger partial charge in [0.15, 0.2) is 5.11 Å². The first-order valence-electron chi connectivity index (χ1n) is 8.98. The van der Waals surface area contributed by atoms with E-state index in [-0.39, 0.29) is 0 Å². The van der Waals surface area contributed by atoms with Crippen molar-refractivity contribution in [3.8, 4) is 0 Å². The summed E-state index contributed by atoms with van der Waals surface area (Å²) in [6, 6.07) is 25.7. The summed E-state index contributed by atoms with van der Waals surface area (Å²) in [6.45, 7) is 0.686. The molecule has 3 rings (SSSR count). The SMILES string of the molecule is CN(C)c1ccc(N=Nc2ccc(NC(=S)NCc3ccccc3)cc2)cc1. The van der Waals surface area contributed by atoms with Gasteiger partial charge in [0, 0.05) is 32.0 Å². The van der Waals surface area contributed by atoms with E-state index < -0.39 is 0 Å². The summed E-state index contributed by atoms with van der Waals surface area (Å²) in [4.78, 5) is 2.05. The molecule has 3 aromatic carbocycles. The van der Waals surface area contributed by atoms with E-state index in [0.717, 1.165) is 22.7 Å². The second-order valence-corrected chi connectivity index (χ2v) is 6.86. The second-order valence-electron chi connectivity index (χ2n) is 6.45. The third-order valence-electron chi connectivity index (χ3n) is 4.07. The monoisotopic (exact) mass is 389 g/mol.